The van der Waals surface area contributed by atoms with Crippen LogP contribution in [-0.2, 0) is 14.4 Å². The summed E-state index contributed by atoms with van der Waals surface area (Å²) in [6, 6.07) is 26.8. The zero-order valence-corrected chi connectivity index (χ0v) is 21.2. The van der Waals surface area contributed by atoms with E-state index in [1.54, 1.807) is 31.4 Å². The minimum absolute atomic E-state index is 0.00522. The van der Waals surface area contributed by atoms with E-state index in [0.717, 1.165) is 22.3 Å². The molecule has 3 aromatic carbocycles. The normalized spacial score (nSPS) is 28.3. The number of fused-ring (bicyclic) bond motifs is 5. The van der Waals surface area contributed by atoms with E-state index >= 15 is 0 Å². The van der Waals surface area contributed by atoms with E-state index in [0.29, 0.717) is 24.3 Å². The molecular weight excluding hydrogens is 462 g/mol. The molecule has 1 heterocycles. The quantitative estimate of drug-likeness (QED) is 0.409. The molecule has 5 heteroatoms. The minimum Gasteiger partial charge on any atom is -0.497 e. The molecule has 4 atom stereocenters. The van der Waals surface area contributed by atoms with Crippen molar-refractivity contribution in [2.75, 3.05) is 12.0 Å². The van der Waals surface area contributed by atoms with Gasteiger partial charge in [0.2, 0.25) is 11.8 Å². The number of carbonyl (C=O) groups excluding carboxylic acids is 3. The van der Waals surface area contributed by atoms with Gasteiger partial charge in [0, 0.05) is 0 Å². The number of methoxy groups -OCH3 is 1. The minimum atomic E-state index is -1.11. The molecule has 6 rings (SSSR count). The topological polar surface area (TPSA) is 63.7 Å². The number of hydrogen-bond donors (Lipinski definition) is 0. The lowest BCUT2D eigenvalue weighted by atomic mass is 9.61. The Morgan fingerprint density at radius 3 is 1.84 bits per heavy atom. The van der Waals surface area contributed by atoms with Gasteiger partial charge in [-0.25, -0.2) is 4.90 Å². The van der Waals surface area contributed by atoms with Crippen molar-refractivity contribution in [3.05, 3.63) is 96.1 Å². The third kappa shape index (κ3) is 2.88. The van der Waals surface area contributed by atoms with Crippen LogP contribution in [-0.4, -0.2) is 24.7 Å². The number of anilines is 1. The number of imide groups is 1. The molecule has 0 spiro atoms. The van der Waals surface area contributed by atoms with Crippen LogP contribution in [0.1, 0.15) is 37.8 Å². The number of hydrogen-bond acceptors (Lipinski definition) is 4. The molecule has 0 unspecified atom stereocenters. The summed E-state index contributed by atoms with van der Waals surface area (Å²) in [7, 11) is 1.58. The monoisotopic (exact) mass is 491 g/mol. The lowest BCUT2D eigenvalue weighted by molar-refractivity contribution is -0.134. The number of allylic oxidation sites excluding steroid dienone is 2. The van der Waals surface area contributed by atoms with E-state index in [1.807, 2.05) is 74.5 Å². The average molecular weight is 492 g/mol. The number of nitrogens with zero attached hydrogens (tertiary/aromatic N) is 1. The van der Waals surface area contributed by atoms with Gasteiger partial charge in [-0.15, -0.1) is 0 Å². The Labute approximate surface area is 216 Å². The fourth-order valence-corrected chi connectivity index (χ4v) is 7.34. The van der Waals surface area contributed by atoms with Gasteiger partial charge in [-0.3, -0.25) is 14.4 Å². The van der Waals surface area contributed by atoms with Crippen LogP contribution in [0.3, 0.4) is 0 Å². The Balaban J connectivity index is 1.62. The maximum Gasteiger partial charge on any atom is 0.239 e. The van der Waals surface area contributed by atoms with Crippen molar-refractivity contribution in [3.63, 3.8) is 0 Å². The Hall–Kier alpha value is -3.99. The van der Waals surface area contributed by atoms with Crippen LogP contribution in [0.2, 0.25) is 0 Å². The first-order valence-corrected chi connectivity index (χ1v) is 12.8. The van der Waals surface area contributed by atoms with Crippen molar-refractivity contribution in [1.29, 1.82) is 0 Å². The number of rotatable bonds is 6. The fourth-order valence-electron chi connectivity index (χ4n) is 7.34. The van der Waals surface area contributed by atoms with Crippen LogP contribution in [0, 0.1) is 22.7 Å². The van der Waals surface area contributed by atoms with Gasteiger partial charge >= 0.3 is 0 Å². The second-order valence-corrected chi connectivity index (χ2v) is 10.4. The van der Waals surface area contributed by atoms with E-state index in [4.69, 9.17) is 4.74 Å². The SMILES string of the molecule is CCC[C@@]12C(=O)[C@@](C)(C(c3ccccc3)=C1c1ccccc1)[C@@H]1C(=O)N(c3ccc(OC)cc3)C(=O)[C@@H]12. The number of amides is 2. The third-order valence-corrected chi connectivity index (χ3v) is 8.65. The summed E-state index contributed by atoms with van der Waals surface area (Å²) in [5.74, 6) is -1.41. The van der Waals surface area contributed by atoms with Gasteiger partial charge in [0.25, 0.3) is 0 Å². The molecule has 0 N–H and O–H groups in total. The van der Waals surface area contributed by atoms with Crippen molar-refractivity contribution in [1.82, 2.24) is 0 Å². The van der Waals surface area contributed by atoms with Crippen molar-refractivity contribution in [3.8, 4) is 5.75 Å². The van der Waals surface area contributed by atoms with Crippen molar-refractivity contribution in [2.24, 2.45) is 22.7 Å². The number of benzene rings is 3. The summed E-state index contributed by atoms with van der Waals surface area (Å²) in [5, 5.41) is 0. The summed E-state index contributed by atoms with van der Waals surface area (Å²) >= 11 is 0. The number of ketones is 1. The zero-order chi connectivity index (χ0) is 25.9. The molecule has 1 saturated heterocycles. The van der Waals surface area contributed by atoms with Gasteiger partial charge < -0.3 is 4.74 Å². The van der Waals surface area contributed by atoms with Crippen LogP contribution in [0.4, 0.5) is 5.69 Å². The summed E-state index contributed by atoms with van der Waals surface area (Å²) in [5.41, 5.74) is 2.00. The summed E-state index contributed by atoms with van der Waals surface area (Å²) in [6.07, 6.45) is 1.23. The highest BCUT2D eigenvalue weighted by Gasteiger charge is 2.80. The largest absolute Gasteiger partial charge is 0.497 e. The lowest BCUT2D eigenvalue weighted by Gasteiger charge is -2.37. The smallest absolute Gasteiger partial charge is 0.239 e. The van der Waals surface area contributed by atoms with Crippen LogP contribution < -0.4 is 9.64 Å². The molecule has 2 bridgehead atoms. The predicted octanol–water partition coefficient (Wildman–Crippen LogP) is 5.80. The Morgan fingerprint density at radius 1 is 0.757 bits per heavy atom. The highest BCUT2D eigenvalue weighted by Crippen LogP contribution is 2.74. The molecule has 2 aliphatic carbocycles. The van der Waals surface area contributed by atoms with Crippen LogP contribution in [0.15, 0.2) is 84.9 Å². The van der Waals surface area contributed by atoms with Gasteiger partial charge in [-0.05, 0) is 59.9 Å². The van der Waals surface area contributed by atoms with E-state index in [-0.39, 0.29) is 17.6 Å². The molecule has 0 aromatic heterocycles. The molecule has 5 nitrogen and oxygen atoms in total. The Kier molecular flexibility index (Phi) is 5.23. The lowest BCUT2D eigenvalue weighted by Crippen LogP contribution is -2.41. The molecule has 186 valence electrons. The number of Topliss-reactive ketones (excluding diaryl/α,β-unsaturated/α-hetero) is 1. The van der Waals surface area contributed by atoms with Gasteiger partial charge in [0.1, 0.15) is 5.75 Å². The summed E-state index contributed by atoms with van der Waals surface area (Å²) < 4.78 is 5.27. The molecule has 3 aliphatic rings. The number of ether oxygens (including phenoxy) is 1. The van der Waals surface area contributed by atoms with Crippen LogP contribution >= 0.6 is 0 Å². The molecular formula is C32H29NO4. The second kappa shape index (κ2) is 8.27. The second-order valence-electron chi connectivity index (χ2n) is 10.4. The Bertz CT molecular complexity index is 1440. The molecule has 2 fully saturated rings. The maximum atomic E-state index is 14.6. The molecule has 1 saturated carbocycles. The van der Waals surface area contributed by atoms with Gasteiger partial charge in [0.05, 0.1) is 35.5 Å². The highest BCUT2D eigenvalue weighted by molar-refractivity contribution is 6.34. The first-order chi connectivity index (χ1) is 17.9. The van der Waals surface area contributed by atoms with Crippen molar-refractivity contribution in [2.45, 2.75) is 26.7 Å². The van der Waals surface area contributed by atoms with E-state index < -0.39 is 22.7 Å². The highest BCUT2D eigenvalue weighted by atomic mass is 16.5. The first kappa shape index (κ1) is 23.4. The van der Waals surface area contributed by atoms with Gasteiger partial charge in [0.15, 0.2) is 5.78 Å². The zero-order valence-electron chi connectivity index (χ0n) is 21.2. The standard InChI is InChI=1S/C32H29NO4/c1-4-19-32-25(21-13-9-6-10-14-21)24(20-11-7-5-8-12-20)31(2,30(32)36)26-27(32)29(35)33(28(26)34)22-15-17-23(37-3)18-16-22/h5-18,26-27H,4,19H2,1-3H3/t26-,27+,31-,32+/m0/s1. The fraction of sp³-hybridized carbons (Fsp3) is 0.281. The van der Waals surface area contributed by atoms with Gasteiger partial charge in [-0.2, -0.15) is 0 Å². The van der Waals surface area contributed by atoms with Crippen molar-refractivity contribution < 1.29 is 19.1 Å². The van der Waals surface area contributed by atoms with Gasteiger partial charge in [-0.1, -0.05) is 74.0 Å². The Morgan fingerprint density at radius 2 is 1.30 bits per heavy atom. The van der Waals surface area contributed by atoms with Crippen LogP contribution in [0.5, 0.6) is 5.75 Å². The molecule has 3 aromatic rings. The van der Waals surface area contributed by atoms with E-state index in [1.165, 1.54) is 4.90 Å². The van der Waals surface area contributed by atoms with Crippen LogP contribution in [0.25, 0.3) is 11.1 Å². The maximum absolute atomic E-state index is 14.6. The molecule has 2 amide bonds. The van der Waals surface area contributed by atoms with E-state index in [2.05, 4.69) is 0 Å². The first-order valence-electron chi connectivity index (χ1n) is 12.8. The molecule has 0 radical (unpaired) electrons. The summed E-state index contributed by atoms with van der Waals surface area (Å²) in [4.78, 5) is 44.3. The molecule has 37 heavy (non-hydrogen) atoms. The molecule has 1 aliphatic heterocycles. The average Bonchev–Trinajstić information content (AvgIpc) is 3.39. The predicted molar refractivity (Wildman–Crippen MR) is 143 cm³/mol. The number of carbonyl (C=O) groups is 3. The summed E-state index contributed by atoms with van der Waals surface area (Å²) in [6.45, 7) is 3.93. The van der Waals surface area contributed by atoms with E-state index in [9.17, 15) is 14.4 Å². The van der Waals surface area contributed by atoms with Crippen molar-refractivity contribution >= 4 is 34.4 Å². The third-order valence-electron chi connectivity index (χ3n) is 8.65.